The molecule has 9 heteroatoms. The van der Waals surface area contributed by atoms with Gasteiger partial charge in [0.1, 0.15) is 11.7 Å². The summed E-state index contributed by atoms with van der Waals surface area (Å²) in [6.07, 6.45) is 1.90. The first-order valence-corrected chi connectivity index (χ1v) is 8.92. The van der Waals surface area contributed by atoms with Crippen LogP contribution >= 0.6 is 0 Å². The number of likely N-dealkylation sites (N-methyl/N-ethyl adjacent to an activating group) is 1. The Bertz CT molecular complexity index is 700. The average molecular weight is 378 g/mol. The number of ether oxygens (including phenoxy) is 1. The van der Waals surface area contributed by atoms with E-state index in [-0.39, 0.29) is 36.2 Å². The van der Waals surface area contributed by atoms with E-state index in [2.05, 4.69) is 32.4 Å². The molecular formula is C18H28N5O4+. The Morgan fingerprint density at radius 2 is 2.15 bits per heavy atom. The van der Waals surface area contributed by atoms with Gasteiger partial charge in [-0.3, -0.25) is 19.7 Å². The number of amides is 3. The Labute approximate surface area is 159 Å². The third-order valence-electron chi connectivity index (χ3n) is 3.55. The second kappa shape index (κ2) is 10.9. The monoisotopic (exact) mass is 378 g/mol. The Hall–Kier alpha value is -3.02. The maximum Gasteiger partial charge on any atom is 0.398 e. The molecule has 27 heavy (non-hydrogen) atoms. The lowest BCUT2D eigenvalue weighted by molar-refractivity contribution is -0.136. The first-order chi connectivity index (χ1) is 12.8. The lowest BCUT2D eigenvalue weighted by Gasteiger charge is -2.23. The van der Waals surface area contributed by atoms with Crippen LogP contribution in [0.3, 0.4) is 0 Å². The van der Waals surface area contributed by atoms with Crippen LogP contribution in [0.1, 0.15) is 40.5 Å². The second-order valence-electron chi connectivity index (χ2n) is 6.03. The van der Waals surface area contributed by atoms with Crippen molar-refractivity contribution >= 4 is 17.7 Å². The molecule has 1 aliphatic rings. The van der Waals surface area contributed by atoms with Crippen LogP contribution in [0, 0.1) is 6.07 Å². The fourth-order valence-corrected chi connectivity index (χ4v) is 2.41. The first-order valence-electron chi connectivity index (χ1n) is 8.92. The summed E-state index contributed by atoms with van der Waals surface area (Å²) < 4.78 is 5.75. The van der Waals surface area contributed by atoms with E-state index in [0.717, 1.165) is 0 Å². The van der Waals surface area contributed by atoms with Gasteiger partial charge in [-0.25, -0.2) is 0 Å². The molecule has 0 aromatic heterocycles. The highest BCUT2D eigenvalue weighted by atomic mass is 16.5. The fraction of sp³-hybridized carbons (Fsp3) is 0.556. The first kappa shape index (κ1) is 22.0. The van der Waals surface area contributed by atoms with Gasteiger partial charge in [-0.1, -0.05) is 11.5 Å². The zero-order valence-corrected chi connectivity index (χ0v) is 16.4. The molecule has 3 amide bonds. The Morgan fingerprint density at radius 1 is 1.44 bits per heavy atom. The number of nitrogens with one attached hydrogen (secondary N) is 4. The van der Waals surface area contributed by atoms with Crippen molar-refractivity contribution in [3.63, 3.8) is 0 Å². The summed E-state index contributed by atoms with van der Waals surface area (Å²) in [7, 11) is 1.62. The molecule has 1 rings (SSSR count). The smallest absolute Gasteiger partial charge is 0.398 e. The van der Waals surface area contributed by atoms with Gasteiger partial charge in [0.2, 0.25) is 11.8 Å². The molecule has 0 bridgehead atoms. The van der Waals surface area contributed by atoms with E-state index in [1.165, 1.54) is 0 Å². The summed E-state index contributed by atoms with van der Waals surface area (Å²) >= 11 is 0. The molecule has 0 saturated carbocycles. The average Bonchev–Trinajstić information content (AvgIpc) is 2.60. The van der Waals surface area contributed by atoms with E-state index in [1.807, 2.05) is 20.8 Å². The highest BCUT2D eigenvalue weighted by Crippen LogP contribution is 2.17. The molecule has 0 aromatic rings. The van der Waals surface area contributed by atoms with Crippen molar-refractivity contribution in [2.75, 3.05) is 13.6 Å². The van der Waals surface area contributed by atoms with Gasteiger partial charge in [-0.15, -0.1) is 0 Å². The van der Waals surface area contributed by atoms with Gasteiger partial charge in [-0.2, -0.15) is 0 Å². The van der Waals surface area contributed by atoms with Crippen molar-refractivity contribution in [1.82, 2.24) is 21.4 Å². The summed E-state index contributed by atoms with van der Waals surface area (Å²) in [6, 6.07) is 1.97. The van der Waals surface area contributed by atoms with Crippen LogP contribution in [0.5, 0.6) is 0 Å². The number of rotatable bonds is 7. The minimum atomic E-state index is -0.766. The predicted molar refractivity (Wildman–Crippen MR) is 101 cm³/mol. The quantitative estimate of drug-likeness (QED) is 0.129. The molecule has 1 aliphatic heterocycles. The lowest BCUT2D eigenvalue weighted by atomic mass is 10.0. The molecule has 0 aromatic carbocycles. The molecule has 4 N–H and O–H groups in total. The SMILES string of the molecule is C/C=C(C(=O)NC1CCC(=O)NC1=O)\C(NCC)=C(/C#[N+]NC)OC(C)C. The van der Waals surface area contributed by atoms with Crippen molar-refractivity contribution in [1.29, 1.82) is 0 Å². The van der Waals surface area contributed by atoms with Gasteiger partial charge in [0.25, 0.3) is 11.7 Å². The standard InChI is InChI=1S/C18H27N5O4/c1-6-12(17(25)22-13-8-9-15(24)23-18(13)26)16(20-7-2)14(10-21-19-5)27-11(3)4/h6,11,13,19H,7-9H2,1-5H3,(H2,22,23,24,25,26)/p+1/b12-6+. The Balaban J connectivity index is 3.17. The number of piperidine rings is 1. The van der Waals surface area contributed by atoms with Crippen LogP contribution in [-0.2, 0) is 19.1 Å². The van der Waals surface area contributed by atoms with Gasteiger partial charge in [0.15, 0.2) is 0 Å². The molecule has 1 atom stereocenters. The molecule has 0 radical (unpaired) electrons. The zero-order chi connectivity index (χ0) is 20.4. The normalized spacial score (nSPS) is 18.0. The maximum absolute atomic E-state index is 12.8. The van der Waals surface area contributed by atoms with Crippen LogP contribution in [0.4, 0.5) is 0 Å². The predicted octanol–water partition coefficient (Wildman–Crippen LogP) is 0.568. The van der Waals surface area contributed by atoms with Crippen molar-refractivity contribution < 1.29 is 19.1 Å². The van der Waals surface area contributed by atoms with E-state index >= 15 is 0 Å². The molecule has 148 valence electrons. The van der Waals surface area contributed by atoms with Gasteiger partial charge in [-0.05, 0) is 34.1 Å². The molecule has 1 unspecified atom stereocenters. The summed E-state index contributed by atoms with van der Waals surface area (Å²) in [5.41, 5.74) is 3.30. The van der Waals surface area contributed by atoms with Crippen molar-refractivity contribution in [3.05, 3.63) is 28.1 Å². The molecule has 1 heterocycles. The minimum Gasteiger partial charge on any atom is -0.476 e. The third-order valence-corrected chi connectivity index (χ3v) is 3.55. The summed E-state index contributed by atoms with van der Waals surface area (Å²) in [5, 5.41) is 8.00. The molecule has 1 fully saturated rings. The van der Waals surface area contributed by atoms with Crippen LogP contribution in [0.2, 0.25) is 0 Å². The van der Waals surface area contributed by atoms with Crippen LogP contribution in [-0.4, -0.2) is 43.5 Å². The van der Waals surface area contributed by atoms with Gasteiger partial charge in [0, 0.05) is 13.0 Å². The van der Waals surface area contributed by atoms with E-state index in [4.69, 9.17) is 4.74 Å². The number of imide groups is 1. The highest BCUT2D eigenvalue weighted by Gasteiger charge is 2.30. The molecule has 0 aliphatic carbocycles. The molecule has 0 spiro atoms. The van der Waals surface area contributed by atoms with Gasteiger partial charge < -0.3 is 15.4 Å². The number of allylic oxidation sites excluding steroid dienone is 2. The van der Waals surface area contributed by atoms with E-state index < -0.39 is 17.9 Å². The van der Waals surface area contributed by atoms with Crippen molar-refractivity contribution in [2.24, 2.45) is 0 Å². The second-order valence-corrected chi connectivity index (χ2v) is 6.03. The number of hydrogen-bond acceptors (Lipinski definition) is 6. The van der Waals surface area contributed by atoms with Crippen LogP contribution in [0.25, 0.3) is 4.95 Å². The number of hydrogen-bond donors (Lipinski definition) is 4. The number of carbonyl (C=O) groups excluding carboxylic acids is 3. The fourth-order valence-electron chi connectivity index (χ4n) is 2.41. The van der Waals surface area contributed by atoms with Gasteiger partial charge in [0.05, 0.1) is 23.7 Å². The maximum atomic E-state index is 12.8. The van der Waals surface area contributed by atoms with Crippen molar-refractivity contribution in [3.8, 4) is 6.07 Å². The topological polar surface area (TPSA) is 113 Å². The minimum absolute atomic E-state index is 0.162. The summed E-state index contributed by atoms with van der Waals surface area (Å²) in [4.78, 5) is 39.8. The Morgan fingerprint density at radius 3 is 2.67 bits per heavy atom. The van der Waals surface area contributed by atoms with E-state index in [0.29, 0.717) is 12.2 Å². The summed E-state index contributed by atoms with van der Waals surface area (Å²) in [5.74, 6) is -1.03. The number of carbonyl (C=O) groups is 3. The van der Waals surface area contributed by atoms with E-state index in [1.54, 1.807) is 20.0 Å². The van der Waals surface area contributed by atoms with E-state index in [9.17, 15) is 14.4 Å². The molecule has 9 nitrogen and oxygen atoms in total. The largest absolute Gasteiger partial charge is 0.476 e. The highest BCUT2D eigenvalue weighted by molar-refractivity contribution is 6.04. The third kappa shape index (κ3) is 6.66. The molecule has 1 saturated heterocycles. The van der Waals surface area contributed by atoms with Crippen LogP contribution < -0.4 is 21.4 Å². The summed E-state index contributed by atoms with van der Waals surface area (Å²) in [6.45, 7) is 7.82. The number of nitrogens with zero attached hydrogens (tertiary/aromatic N) is 1. The van der Waals surface area contributed by atoms with Gasteiger partial charge >= 0.3 is 6.07 Å². The lowest BCUT2D eigenvalue weighted by Crippen LogP contribution is -2.52. The Kier molecular flexibility index (Phi) is 8.85. The molecular weight excluding hydrogens is 350 g/mol. The van der Waals surface area contributed by atoms with Crippen molar-refractivity contribution in [2.45, 2.75) is 52.7 Å². The zero-order valence-electron chi connectivity index (χ0n) is 16.4. The van der Waals surface area contributed by atoms with Crippen LogP contribution in [0.15, 0.2) is 23.1 Å².